The number of rotatable bonds is 4. The van der Waals surface area contributed by atoms with Gasteiger partial charge in [-0.05, 0) is 89.0 Å². The van der Waals surface area contributed by atoms with Crippen LogP contribution in [0.4, 0.5) is 17.1 Å². The molecule has 5 nitrogen and oxygen atoms in total. The molecule has 242 valence electrons. The lowest BCUT2D eigenvalue weighted by Crippen LogP contribution is -2.16. The Labute approximate surface area is 293 Å². The summed E-state index contributed by atoms with van der Waals surface area (Å²) >= 11 is 0. The first-order chi connectivity index (χ1) is 25.0. The lowest BCUT2D eigenvalue weighted by molar-refractivity contribution is 0.617. The molecule has 0 aliphatic heterocycles. The van der Waals surface area contributed by atoms with Crippen molar-refractivity contribution < 1.29 is 13.3 Å². The van der Waals surface area contributed by atoms with E-state index in [9.17, 15) is 0 Å². The van der Waals surface area contributed by atoms with Gasteiger partial charge in [-0.2, -0.15) is 0 Å². The number of fused-ring (bicyclic) bond motifs is 10. The van der Waals surface area contributed by atoms with Gasteiger partial charge in [-0.1, -0.05) is 80.6 Å². The minimum Gasteiger partial charge on any atom is -0.456 e. The van der Waals surface area contributed by atoms with Gasteiger partial charge >= 0.3 is 0 Å². The first-order valence-corrected chi connectivity index (χ1v) is 17.3. The molecule has 1 aliphatic carbocycles. The summed E-state index contributed by atoms with van der Waals surface area (Å²) in [5.41, 5.74) is 14.0. The number of oxazole rings is 1. The first kappa shape index (κ1) is 28.3. The van der Waals surface area contributed by atoms with Crippen molar-refractivity contribution in [3.63, 3.8) is 0 Å². The standard InChI is InChI=1S/C46H30N2O3/c1-46(2)37-14-8-6-12-31(37)32-19-16-29(23-38(32)46)48(28-18-21-41-35(22-28)33-13-7-9-15-40(33)49-41)30-17-20-34-36-25-39-44(26-43(36)50-42(34)24-30)51-45(47-39)27-10-4-3-5-11-27/h3-26H,1-2H3. The minimum absolute atomic E-state index is 0.133. The fraction of sp³-hybridized carbons (Fsp3) is 0.0652. The van der Waals surface area contributed by atoms with Gasteiger partial charge in [0.15, 0.2) is 5.58 Å². The van der Waals surface area contributed by atoms with Crippen LogP contribution in [0, 0.1) is 0 Å². The predicted molar refractivity (Wildman–Crippen MR) is 206 cm³/mol. The topological polar surface area (TPSA) is 55.6 Å². The number of para-hydroxylation sites is 1. The predicted octanol–water partition coefficient (Wildman–Crippen LogP) is 13.1. The number of hydrogen-bond donors (Lipinski definition) is 0. The average Bonchev–Trinajstić information content (AvgIpc) is 3.91. The second kappa shape index (κ2) is 10.2. The molecule has 0 saturated heterocycles. The quantitative estimate of drug-likeness (QED) is 0.188. The highest BCUT2D eigenvalue weighted by molar-refractivity contribution is 6.10. The second-order valence-electron chi connectivity index (χ2n) is 14.0. The van der Waals surface area contributed by atoms with Gasteiger partial charge in [-0.3, -0.25) is 0 Å². The molecule has 51 heavy (non-hydrogen) atoms. The molecule has 7 aromatic carbocycles. The largest absolute Gasteiger partial charge is 0.456 e. The maximum absolute atomic E-state index is 6.57. The highest BCUT2D eigenvalue weighted by atomic mass is 16.4. The Morgan fingerprint density at radius 2 is 1.10 bits per heavy atom. The Hall–Kier alpha value is -6.59. The van der Waals surface area contributed by atoms with Gasteiger partial charge in [0.25, 0.3) is 0 Å². The van der Waals surface area contributed by atoms with Gasteiger partial charge in [0.1, 0.15) is 27.8 Å². The summed E-state index contributed by atoms with van der Waals surface area (Å²) in [4.78, 5) is 7.14. The van der Waals surface area contributed by atoms with E-state index in [-0.39, 0.29) is 5.41 Å². The number of nitrogens with zero attached hydrogens (tertiary/aromatic N) is 2. The van der Waals surface area contributed by atoms with Crippen LogP contribution in [0.5, 0.6) is 0 Å². The highest BCUT2D eigenvalue weighted by Gasteiger charge is 2.35. The number of benzene rings is 7. The molecular formula is C46H30N2O3. The van der Waals surface area contributed by atoms with Crippen LogP contribution in [-0.2, 0) is 5.41 Å². The third-order valence-electron chi connectivity index (χ3n) is 10.7. The van der Waals surface area contributed by atoms with E-state index in [1.165, 1.54) is 22.3 Å². The Bertz CT molecular complexity index is 3020. The van der Waals surface area contributed by atoms with Crippen LogP contribution < -0.4 is 4.90 Å². The number of furan rings is 2. The molecule has 3 aromatic heterocycles. The van der Waals surface area contributed by atoms with Gasteiger partial charge in [0, 0.05) is 61.7 Å². The zero-order valence-electron chi connectivity index (χ0n) is 28.0. The molecule has 3 heterocycles. The van der Waals surface area contributed by atoms with Crippen molar-refractivity contribution in [3.8, 4) is 22.6 Å². The van der Waals surface area contributed by atoms with Crippen molar-refractivity contribution in [3.05, 3.63) is 157 Å². The van der Waals surface area contributed by atoms with E-state index in [0.717, 1.165) is 72.0 Å². The number of aromatic nitrogens is 1. The lowest BCUT2D eigenvalue weighted by atomic mass is 9.82. The van der Waals surface area contributed by atoms with E-state index in [0.29, 0.717) is 11.5 Å². The molecule has 0 radical (unpaired) electrons. The van der Waals surface area contributed by atoms with Crippen LogP contribution in [0.2, 0.25) is 0 Å². The van der Waals surface area contributed by atoms with Crippen LogP contribution in [0.15, 0.2) is 159 Å². The van der Waals surface area contributed by atoms with E-state index >= 15 is 0 Å². The molecule has 5 heteroatoms. The molecule has 0 unspecified atom stereocenters. The molecule has 0 N–H and O–H groups in total. The van der Waals surface area contributed by atoms with E-state index in [1.54, 1.807) is 0 Å². The summed E-state index contributed by atoms with van der Waals surface area (Å²) in [5.74, 6) is 0.600. The van der Waals surface area contributed by atoms with Crippen molar-refractivity contribution in [2.24, 2.45) is 0 Å². The maximum atomic E-state index is 6.57. The molecular weight excluding hydrogens is 629 g/mol. The third-order valence-corrected chi connectivity index (χ3v) is 10.7. The lowest BCUT2D eigenvalue weighted by Gasteiger charge is -2.28. The van der Waals surface area contributed by atoms with Crippen molar-refractivity contribution in [2.75, 3.05) is 4.90 Å². The molecule has 0 fully saturated rings. The molecule has 0 spiro atoms. The van der Waals surface area contributed by atoms with Crippen molar-refractivity contribution in [1.82, 2.24) is 4.98 Å². The fourth-order valence-electron chi connectivity index (χ4n) is 8.16. The summed E-state index contributed by atoms with van der Waals surface area (Å²) in [6, 6.07) is 50.8. The highest BCUT2D eigenvalue weighted by Crippen LogP contribution is 2.51. The van der Waals surface area contributed by atoms with Gasteiger partial charge in [-0.15, -0.1) is 0 Å². The van der Waals surface area contributed by atoms with E-state index in [1.807, 2.05) is 48.5 Å². The molecule has 0 atom stereocenters. The zero-order chi connectivity index (χ0) is 33.8. The second-order valence-corrected chi connectivity index (χ2v) is 14.0. The van der Waals surface area contributed by atoms with Crippen molar-refractivity contribution >= 4 is 72.0 Å². The van der Waals surface area contributed by atoms with Gasteiger partial charge in [0.05, 0.1) is 0 Å². The van der Waals surface area contributed by atoms with Gasteiger partial charge < -0.3 is 18.2 Å². The minimum atomic E-state index is -0.133. The van der Waals surface area contributed by atoms with E-state index in [4.69, 9.17) is 18.2 Å². The third kappa shape index (κ3) is 4.12. The smallest absolute Gasteiger partial charge is 0.227 e. The maximum Gasteiger partial charge on any atom is 0.227 e. The molecule has 0 bridgehead atoms. The average molecular weight is 659 g/mol. The number of hydrogen-bond acceptors (Lipinski definition) is 5. The zero-order valence-corrected chi connectivity index (χ0v) is 28.0. The van der Waals surface area contributed by atoms with Crippen LogP contribution >= 0.6 is 0 Å². The van der Waals surface area contributed by atoms with Crippen LogP contribution in [0.3, 0.4) is 0 Å². The summed E-state index contributed by atoms with van der Waals surface area (Å²) < 4.78 is 19.0. The van der Waals surface area contributed by atoms with Crippen molar-refractivity contribution in [1.29, 1.82) is 0 Å². The fourth-order valence-corrected chi connectivity index (χ4v) is 8.16. The Balaban J connectivity index is 1.09. The summed E-state index contributed by atoms with van der Waals surface area (Å²) in [6.45, 7) is 4.65. The Morgan fingerprint density at radius 1 is 0.451 bits per heavy atom. The summed E-state index contributed by atoms with van der Waals surface area (Å²) in [7, 11) is 0. The first-order valence-electron chi connectivity index (χ1n) is 17.3. The Morgan fingerprint density at radius 3 is 2.02 bits per heavy atom. The Kier molecular flexibility index (Phi) is 5.66. The van der Waals surface area contributed by atoms with Crippen LogP contribution in [-0.4, -0.2) is 4.98 Å². The van der Waals surface area contributed by atoms with Crippen LogP contribution in [0.1, 0.15) is 25.0 Å². The van der Waals surface area contributed by atoms with E-state index in [2.05, 4.69) is 116 Å². The van der Waals surface area contributed by atoms with Gasteiger partial charge in [0.2, 0.25) is 5.89 Å². The number of anilines is 3. The van der Waals surface area contributed by atoms with Crippen LogP contribution in [0.25, 0.3) is 77.6 Å². The molecule has 10 aromatic rings. The molecule has 1 aliphatic rings. The molecule has 0 amide bonds. The van der Waals surface area contributed by atoms with Crippen molar-refractivity contribution in [2.45, 2.75) is 19.3 Å². The molecule has 11 rings (SSSR count). The monoisotopic (exact) mass is 658 g/mol. The van der Waals surface area contributed by atoms with Gasteiger partial charge in [-0.25, -0.2) is 4.98 Å². The summed E-state index contributed by atoms with van der Waals surface area (Å²) in [5, 5.41) is 4.21. The summed E-state index contributed by atoms with van der Waals surface area (Å²) in [6.07, 6.45) is 0. The SMILES string of the molecule is CC1(C)c2ccccc2-c2ccc(N(c3ccc4c(c3)oc3cc5oc(-c6ccccc6)nc5cc34)c3ccc4oc5ccccc5c4c3)cc21. The molecule has 0 saturated carbocycles. The normalized spacial score (nSPS) is 13.5. The van der Waals surface area contributed by atoms with E-state index < -0.39 is 0 Å².